The van der Waals surface area contributed by atoms with E-state index in [4.69, 9.17) is 11.6 Å². The van der Waals surface area contributed by atoms with Gasteiger partial charge in [-0.1, -0.05) is 30.9 Å². The Morgan fingerprint density at radius 2 is 2.09 bits per heavy atom. The maximum absolute atomic E-state index is 11.9. The molecule has 0 radical (unpaired) electrons. The van der Waals surface area contributed by atoms with E-state index in [2.05, 4.69) is 10.5 Å². The molecule has 1 aliphatic rings. The van der Waals surface area contributed by atoms with Crippen LogP contribution in [0, 0.1) is 16.0 Å². The Labute approximate surface area is 132 Å². The Bertz CT molecular complexity index is 612. The number of nitrogens with zero attached hydrogens (tertiary/aromatic N) is 2. The third-order valence-electron chi connectivity index (χ3n) is 3.64. The summed E-state index contributed by atoms with van der Waals surface area (Å²) in [6, 6.07) is 2.38. The minimum Gasteiger partial charge on any atom is -0.502 e. The molecule has 7 nitrogen and oxygen atoms in total. The van der Waals surface area contributed by atoms with Crippen LogP contribution in [-0.2, 0) is 4.79 Å². The Balaban J connectivity index is 2.06. The fourth-order valence-electron chi connectivity index (χ4n) is 2.46. The van der Waals surface area contributed by atoms with Gasteiger partial charge in [0.1, 0.15) is 0 Å². The predicted octanol–water partition coefficient (Wildman–Crippen LogP) is 2.98. The first-order valence-corrected chi connectivity index (χ1v) is 7.36. The number of halogens is 1. The molecule has 2 rings (SSSR count). The van der Waals surface area contributed by atoms with Crippen LogP contribution in [0.2, 0.25) is 5.02 Å². The highest BCUT2D eigenvalue weighted by atomic mass is 35.5. The van der Waals surface area contributed by atoms with Crippen molar-refractivity contribution in [2.24, 2.45) is 11.0 Å². The van der Waals surface area contributed by atoms with Gasteiger partial charge in [0.05, 0.1) is 11.1 Å². The molecule has 0 spiro atoms. The normalized spacial score (nSPS) is 15.9. The van der Waals surface area contributed by atoms with Gasteiger partial charge in [0.15, 0.2) is 0 Å². The molecule has 1 saturated carbocycles. The summed E-state index contributed by atoms with van der Waals surface area (Å²) < 4.78 is 0. The number of carbonyl (C=O) groups excluding carboxylic acids is 1. The monoisotopic (exact) mass is 325 g/mol. The van der Waals surface area contributed by atoms with Crippen LogP contribution in [0.5, 0.6) is 5.75 Å². The molecule has 0 aliphatic heterocycles. The Morgan fingerprint density at radius 3 is 2.73 bits per heavy atom. The van der Waals surface area contributed by atoms with Crippen molar-refractivity contribution in [3.8, 4) is 5.75 Å². The molecule has 0 saturated heterocycles. The number of amides is 1. The number of phenolic OH excluding ortho intramolecular Hbond substituents is 1. The van der Waals surface area contributed by atoms with Crippen molar-refractivity contribution >= 4 is 29.4 Å². The van der Waals surface area contributed by atoms with E-state index < -0.39 is 16.4 Å². The van der Waals surface area contributed by atoms with Crippen LogP contribution in [0.25, 0.3) is 0 Å². The van der Waals surface area contributed by atoms with Crippen LogP contribution in [0.1, 0.15) is 37.7 Å². The van der Waals surface area contributed by atoms with Gasteiger partial charge in [-0.25, -0.2) is 5.43 Å². The first-order chi connectivity index (χ1) is 10.5. The number of hydrazone groups is 1. The topological polar surface area (TPSA) is 105 Å². The van der Waals surface area contributed by atoms with Crippen molar-refractivity contribution in [2.45, 2.75) is 32.1 Å². The molecule has 1 amide bonds. The lowest BCUT2D eigenvalue weighted by Crippen LogP contribution is -2.28. The van der Waals surface area contributed by atoms with E-state index in [-0.39, 0.29) is 22.4 Å². The number of rotatable bonds is 4. The summed E-state index contributed by atoms with van der Waals surface area (Å²) in [5.41, 5.74) is 1.97. The molecule has 1 fully saturated rings. The van der Waals surface area contributed by atoms with Crippen molar-refractivity contribution < 1.29 is 14.8 Å². The van der Waals surface area contributed by atoms with Crippen molar-refractivity contribution in [1.82, 2.24) is 5.43 Å². The zero-order valence-electron chi connectivity index (χ0n) is 11.8. The van der Waals surface area contributed by atoms with Gasteiger partial charge in [-0.2, -0.15) is 5.10 Å². The van der Waals surface area contributed by atoms with E-state index >= 15 is 0 Å². The number of benzene rings is 1. The average molecular weight is 326 g/mol. The summed E-state index contributed by atoms with van der Waals surface area (Å²) in [5.74, 6) is -0.759. The molecule has 1 aliphatic carbocycles. The summed E-state index contributed by atoms with van der Waals surface area (Å²) in [6.45, 7) is 0. The highest BCUT2D eigenvalue weighted by molar-refractivity contribution is 6.31. The van der Waals surface area contributed by atoms with Crippen molar-refractivity contribution in [3.05, 3.63) is 32.8 Å². The molecule has 8 heteroatoms. The first-order valence-electron chi connectivity index (χ1n) is 6.99. The number of aromatic hydroxyl groups is 1. The molecule has 0 heterocycles. The Kier molecular flexibility index (Phi) is 5.32. The Morgan fingerprint density at radius 1 is 1.41 bits per heavy atom. The van der Waals surface area contributed by atoms with Crippen molar-refractivity contribution in [2.75, 3.05) is 0 Å². The number of hydrogen-bond acceptors (Lipinski definition) is 5. The maximum Gasteiger partial charge on any atom is 0.312 e. The maximum atomic E-state index is 11.9. The van der Waals surface area contributed by atoms with Gasteiger partial charge in [-0.15, -0.1) is 0 Å². The molecule has 118 valence electrons. The number of nitro groups is 1. The second-order valence-corrected chi connectivity index (χ2v) is 5.63. The summed E-state index contributed by atoms with van der Waals surface area (Å²) in [4.78, 5) is 21.9. The molecular weight excluding hydrogens is 310 g/mol. The number of nitro benzene ring substituents is 1. The first kappa shape index (κ1) is 16.2. The fourth-order valence-corrected chi connectivity index (χ4v) is 2.69. The van der Waals surface area contributed by atoms with Gasteiger partial charge in [-0.3, -0.25) is 14.9 Å². The molecule has 1 aromatic carbocycles. The van der Waals surface area contributed by atoms with E-state index in [1.165, 1.54) is 6.07 Å². The second-order valence-electron chi connectivity index (χ2n) is 5.19. The standard InChI is InChI=1S/C14H16ClN3O4/c15-11-6-10(13(19)12(7-11)18(21)22)8-16-17-14(20)9-4-2-1-3-5-9/h6-9,19H,1-5H2,(H,17,20)/b16-8-. The summed E-state index contributed by atoms with van der Waals surface area (Å²) >= 11 is 5.76. The van der Waals surface area contributed by atoms with Crippen LogP contribution in [-0.4, -0.2) is 22.2 Å². The minimum absolute atomic E-state index is 0.0480. The van der Waals surface area contributed by atoms with Gasteiger partial charge in [0, 0.05) is 22.6 Å². The number of carbonyl (C=O) groups is 1. The number of hydrogen-bond donors (Lipinski definition) is 2. The quantitative estimate of drug-likeness (QED) is 0.504. The minimum atomic E-state index is -0.737. The molecule has 0 atom stereocenters. The highest BCUT2D eigenvalue weighted by Gasteiger charge is 2.21. The number of phenols is 1. The summed E-state index contributed by atoms with van der Waals surface area (Å²) in [7, 11) is 0. The molecule has 2 N–H and O–H groups in total. The van der Waals surface area contributed by atoms with E-state index in [9.17, 15) is 20.0 Å². The van der Waals surface area contributed by atoms with Crippen LogP contribution in [0.3, 0.4) is 0 Å². The molecule has 22 heavy (non-hydrogen) atoms. The predicted molar refractivity (Wildman–Crippen MR) is 82.1 cm³/mol. The smallest absolute Gasteiger partial charge is 0.312 e. The zero-order chi connectivity index (χ0) is 16.1. The van der Waals surface area contributed by atoms with Crippen molar-refractivity contribution in [1.29, 1.82) is 0 Å². The average Bonchev–Trinajstić information content (AvgIpc) is 2.50. The van der Waals surface area contributed by atoms with Crippen LogP contribution in [0.15, 0.2) is 17.2 Å². The largest absolute Gasteiger partial charge is 0.502 e. The van der Waals surface area contributed by atoms with Gasteiger partial charge < -0.3 is 5.11 Å². The summed E-state index contributed by atoms with van der Waals surface area (Å²) in [6.07, 6.45) is 6.04. The zero-order valence-corrected chi connectivity index (χ0v) is 12.5. The van der Waals surface area contributed by atoms with E-state index in [1.54, 1.807) is 0 Å². The van der Waals surface area contributed by atoms with Gasteiger partial charge in [0.2, 0.25) is 11.7 Å². The van der Waals surface area contributed by atoms with Gasteiger partial charge >= 0.3 is 5.69 Å². The second kappa shape index (κ2) is 7.22. The third-order valence-corrected chi connectivity index (χ3v) is 3.85. The molecule has 1 aromatic rings. The SMILES string of the molecule is O=C(N/N=C\c1cc(Cl)cc([N+](=O)[O-])c1O)C1CCCCC1. The summed E-state index contributed by atoms with van der Waals surface area (Å²) in [5, 5.41) is 24.4. The lowest BCUT2D eigenvalue weighted by Gasteiger charge is -2.19. The third kappa shape index (κ3) is 3.94. The van der Waals surface area contributed by atoms with Crippen LogP contribution in [0.4, 0.5) is 5.69 Å². The van der Waals surface area contributed by atoms with E-state index in [0.717, 1.165) is 44.4 Å². The molecule has 0 bridgehead atoms. The van der Waals surface area contributed by atoms with Crippen LogP contribution >= 0.6 is 11.6 Å². The molecule has 0 unspecified atom stereocenters. The molecule has 0 aromatic heterocycles. The molecular formula is C14H16ClN3O4. The van der Waals surface area contributed by atoms with Gasteiger partial charge in [0.25, 0.3) is 0 Å². The van der Waals surface area contributed by atoms with E-state index in [1.807, 2.05) is 0 Å². The van der Waals surface area contributed by atoms with Crippen LogP contribution < -0.4 is 5.43 Å². The van der Waals surface area contributed by atoms with E-state index in [0.29, 0.717) is 0 Å². The lowest BCUT2D eigenvalue weighted by molar-refractivity contribution is -0.385. The Hall–Kier alpha value is -2.15. The number of nitrogens with one attached hydrogen (secondary N) is 1. The van der Waals surface area contributed by atoms with Crippen molar-refractivity contribution in [3.63, 3.8) is 0 Å². The van der Waals surface area contributed by atoms with Gasteiger partial charge in [-0.05, 0) is 18.9 Å². The highest BCUT2D eigenvalue weighted by Crippen LogP contribution is 2.32. The lowest BCUT2D eigenvalue weighted by atomic mass is 9.89. The fraction of sp³-hybridized carbons (Fsp3) is 0.429.